The Morgan fingerprint density at radius 1 is 1.00 bits per heavy atom. The predicted octanol–water partition coefficient (Wildman–Crippen LogP) is 4.47. The van der Waals surface area contributed by atoms with E-state index in [1.807, 2.05) is 7.05 Å². The Bertz CT molecular complexity index is 683. The zero-order chi connectivity index (χ0) is 16.1. The standard InChI is InChI=1S/C21H26N2/c1-3-16-6-9-19-12-13-20(23-21(19)15-16)18-10-7-17(8-11-18)5-4-14-22-2/h6-11,15,22H,3-5,12-14H2,1-2H3. The zero-order valence-electron chi connectivity index (χ0n) is 14.2. The average molecular weight is 306 g/mol. The Kier molecular flexibility index (Phi) is 5.24. The summed E-state index contributed by atoms with van der Waals surface area (Å²) in [5.41, 5.74) is 7.84. The molecular formula is C21H26N2. The lowest BCUT2D eigenvalue weighted by Crippen LogP contribution is -2.09. The largest absolute Gasteiger partial charge is 0.320 e. The van der Waals surface area contributed by atoms with Gasteiger partial charge in [-0.3, -0.25) is 4.99 Å². The molecular weight excluding hydrogens is 280 g/mol. The van der Waals surface area contributed by atoms with E-state index in [0.717, 1.165) is 32.2 Å². The Hall–Kier alpha value is -1.93. The number of fused-ring (bicyclic) bond motifs is 1. The number of benzene rings is 2. The number of rotatable bonds is 6. The summed E-state index contributed by atoms with van der Waals surface area (Å²) in [4.78, 5) is 4.94. The summed E-state index contributed by atoms with van der Waals surface area (Å²) in [6, 6.07) is 15.7. The van der Waals surface area contributed by atoms with Crippen molar-refractivity contribution in [2.75, 3.05) is 13.6 Å². The van der Waals surface area contributed by atoms with Crippen molar-refractivity contribution < 1.29 is 0 Å². The number of hydrogen-bond donors (Lipinski definition) is 1. The highest BCUT2D eigenvalue weighted by Gasteiger charge is 2.13. The number of hydrogen-bond acceptors (Lipinski definition) is 2. The quantitative estimate of drug-likeness (QED) is 0.782. The van der Waals surface area contributed by atoms with Crippen molar-refractivity contribution in [3.63, 3.8) is 0 Å². The van der Waals surface area contributed by atoms with Crippen LogP contribution in [0.2, 0.25) is 0 Å². The average Bonchev–Trinajstić information content (AvgIpc) is 2.61. The zero-order valence-corrected chi connectivity index (χ0v) is 14.2. The van der Waals surface area contributed by atoms with Crippen LogP contribution in [0.4, 0.5) is 5.69 Å². The molecule has 0 saturated carbocycles. The maximum atomic E-state index is 4.94. The van der Waals surface area contributed by atoms with Crippen LogP contribution in [0.15, 0.2) is 47.5 Å². The monoisotopic (exact) mass is 306 g/mol. The molecule has 0 aromatic heterocycles. The Labute approximate surface area is 139 Å². The number of nitrogens with one attached hydrogen (secondary N) is 1. The molecule has 3 rings (SSSR count). The lowest BCUT2D eigenvalue weighted by molar-refractivity contribution is 0.725. The van der Waals surface area contributed by atoms with E-state index in [2.05, 4.69) is 54.7 Å². The van der Waals surface area contributed by atoms with Gasteiger partial charge in [0.05, 0.1) is 5.69 Å². The molecule has 0 radical (unpaired) electrons. The van der Waals surface area contributed by atoms with Gasteiger partial charge < -0.3 is 5.32 Å². The maximum Gasteiger partial charge on any atom is 0.0668 e. The molecule has 0 atom stereocenters. The number of aliphatic imine (C=N–C) groups is 1. The van der Waals surface area contributed by atoms with Crippen molar-refractivity contribution in [3.8, 4) is 0 Å². The highest BCUT2D eigenvalue weighted by molar-refractivity contribution is 6.03. The first-order valence-electron chi connectivity index (χ1n) is 8.73. The molecule has 2 aromatic rings. The summed E-state index contributed by atoms with van der Waals surface area (Å²) in [5.74, 6) is 0. The minimum absolute atomic E-state index is 1.04. The van der Waals surface area contributed by atoms with E-state index < -0.39 is 0 Å². The molecule has 0 amide bonds. The highest BCUT2D eigenvalue weighted by atomic mass is 14.8. The second-order valence-corrected chi connectivity index (χ2v) is 6.28. The first-order chi connectivity index (χ1) is 11.3. The predicted molar refractivity (Wildman–Crippen MR) is 99.0 cm³/mol. The summed E-state index contributed by atoms with van der Waals surface area (Å²) in [6.07, 6.45) is 5.53. The summed E-state index contributed by atoms with van der Waals surface area (Å²) < 4.78 is 0. The number of nitrogens with zero attached hydrogens (tertiary/aromatic N) is 1. The summed E-state index contributed by atoms with van der Waals surface area (Å²) >= 11 is 0. The molecule has 1 heterocycles. The second-order valence-electron chi connectivity index (χ2n) is 6.28. The first kappa shape index (κ1) is 15.9. The molecule has 0 bridgehead atoms. The van der Waals surface area contributed by atoms with Crippen LogP contribution in [0.3, 0.4) is 0 Å². The van der Waals surface area contributed by atoms with Crippen LogP contribution in [0.5, 0.6) is 0 Å². The lowest BCUT2D eigenvalue weighted by atomic mass is 9.95. The van der Waals surface area contributed by atoms with Crippen molar-refractivity contribution in [1.29, 1.82) is 0 Å². The van der Waals surface area contributed by atoms with E-state index in [4.69, 9.17) is 4.99 Å². The maximum absolute atomic E-state index is 4.94. The van der Waals surface area contributed by atoms with Crippen LogP contribution in [0, 0.1) is 0 Å². The highest BCUT2D eigenvalue weighted by Crippen LogP contribution is 2.29. The van der Waals surface area contributed by atoms with Crippen LogP contribution >= 0.6 is 0 Å². The summed E-state index contributed by atoms with van der Waals surface area (Å²) in [6.45, 7) is 3.27. The van der Waals surface area contributed by atoms with Gasteiger partial charge in [0.15, 0.2) is 0 Å². The van der Waals surface area contributed by atoms with Crippen LogP contribution in [0.25, 0.3) is 0 Å². The number of aryl methyl sites for hydroxylation is 3. The van der Waals surface area contributed by atoms with Gasteiger partial charge in [-0.15, -0.1) is 0 Å². The fourth-order valence-electron chi connectivity index (χ4n) is 3.14. The molecule has 120 valence electrons. The van der Waals surface area contributed by atoms with Crippen molar-refractivity contribution in [3.05, 3.63) is 64.7 Å². The van der Waals surface area contributed by atoms with Gasteiger partial charge in [-0.25, -0.2) is 0 Å². The van der Waals surface area contributed by atoms with E-state index >= 15 is 0 Å². The smallest absolute Gasteiger partial charge is 0.0668 e. The first-order valence-corrected chi connectivity index (χ1v) is 8.73. The summed E-state index contributed by atoms with van der Waals surface area (Å²) in [5, 5.41) is 3.20. The molecule has 1 aliphatic rings. The molecule has 1 aliphatic heterocycles. The van der Waals surface area contributed by atoms with Crippen LogP contribution in [-0.4, -0.2) is 19.3 Å². The Morgan fingerprint density at radius 2 is 1.78 bits per heavy atom. The lowest BCUT2D eigenvalue weighted by Gasteiger charge is -2.17. The van der Waals surface area contributed by atoms with Gasteiger partial charge in [-0.05, 0) is 74.0 Å². The van der Waals surface area contributed by atoms with Gasteiger partial charge in [-0.2, -0.15) is 0 Å². The van der Waals surface area contributed by atoms with E-state index in [1.54, 1.807) is 0 Å². The topological polar surface area (TPSA) is 24.4 Å². The minimum Gasteiger partial charge on any atom is -0.320 e. The molecule has 0 fully saturated rings. The fourth-order valence-corrected chi connectivity index (χ4v) is 3.14. The van der Waals surface area contributed by atoms with Gasteiger partial charge in [0.25, 0.3) is 0 Å². The van der Waals surface area contributed by atoms with Crippen molar-refractivity contribution in [1.82, 2.24) is 5.32 Å². The van der Waals surface area contributed by atoms with Crippen molar-refractivity contribution in [2.24, 2.45) is 4.99 Å². The van der Waals surface area contributed by atoms with Gasteiger partial charge in [0.2, 0.25) is 0 Å². The normalized spacial score (nSPS) is 13.6. The molecule has 2 heteroatoms. The molecule has 0 spiro atoms. The molecule has 23 heavy (non-hydrogen) atoms. The molecule has 0 unspecified atom stereocenters. The molecule has 1 N–H and O–H groups in total. The van der Waals surface area contributed by atoms with Crippen LogP contribution in [-0.2, 0) is 19.3 Å². The fraction of sp³-hybridized carbons (Fsp3) is 0.381. The third kappa shape index (κ3) is 3.89. The molecule has 2 nitrogen and oxygen atoms in total. The van der Waals surface area contributed by atoms with E-state index in [9.17, 15) is 0 Å². The third-order valence-corrected chi connectivity index (χ3v) is 4.62. The molecule has 0 aliphatic carbocycles. The van der Waals surface area contributed by atoms with Gasteiger partial charge >= 0.3 is 0 Å². The van der Waals surface area contributed by atoms with Gasteiger partial charge in [-0.1, -0.05) is 43.3 Å². The van der Waals surface area contributed by atoms with E-state index in [0.29, 0.717) is 0 Å². The van der Waals surface area contributed by atoms with Crippen molar-refractivity contribution in [2.45, 2.75) is 39.0 Å². The SMILES string of the molecule is CCc1ccc2c(c1)N=C(c1ccc(CCCNC)cc1)CC2. The van der Waals surface area contributed by atoms with Crippen LogP contribution in [0.1, 0.15) is 42.0 Å². The molecule has 2 aromatic carbocycles. The van der Waals surface area contributed by atoms with Crippen LogP contribution < -0.4 is 5.32 Å². The Morgan fingerprint density at radius 3 is 2.52 bits per heavy atom. The van der Waals surface area contributed by atoms with Crippen molar-refractivity contribution >= 4 is 11.4 Å². The Balaban J connectivity index is 1.77. The van der Waals surface area contributed by atoms with E-state index in [1.165, 1.54) is 40.1 Å². The van der Waals surface area contributed by atoms with Gasteiger partial charge in [0.1, 0.15) is 0 Å². The minimum atomic E-state index is 1.04. The molecule has 0 saturated heterocycles. The third-order valence-electron chi connectivity index (χ3n) is 4.62. The van der Waals surface area contributed by atoms with Gasteiger partial charge in [0, 0.05) is 5.71 Å². The summed E-state index contributed by atoms with van der Waals surface area (Å²) in [7, 11) is 2.01. The van der Waals surface area contributed by atoms with E-state index in [-0.39, 0.29) is 0 Å². The second kappa shape index (κ2) is 7.56.